The highest BCUT2D eigenvalue weighted by Gasteiger charge is 2.30. The molecule has 33 heavy (non-hydrogen) atoms. The summed E-state index contributed by atoms with van der Waals surface area (Å²) in [4.78, 5) is 9.03. The van der Waals surface area contributed by atoms with Gasteiger partial charge in [0.1, 0.15) is 18.4 Å². The maximum Gasteiger partial charge on any atom is 0.157 e. The predicted molar refractivity (Wildman–Crippen MR) is 132 cm³/mol. The number of pyridine rings is 1. The molecule has 0 saturated carbocycles. The largest absolute Gasteiger partial charge is 0.346 e. The molecule has 2 aliphatic rings. The molecule has 1 N–H and O–H groups in total. The molecule has 1 saturated heterocycles. The van der Waals surface area contributed by atoms with Crippen molar-refractivity contribution in [2.45, 2.75) is 32.2 Å². The third kappa shape index (κ3) is 3.45. The second kappa shape index (κ2) is 8.37. The summed E-state index contributed by atoms with van der Waals surface area (Å²) in [5, 5.41) is 10.9. The second-order valence-electron chi connectivity index (χ2n) is 9.24. The lowest BCUT2D eigenvalue weighted by Gasteiger charge is -2.36. The van der Waals surface area contributed by atoms with Crippen LogP contribution < -0.4 is 9.80 Å². The molecular weight excluding hydrogens is 430 g/mol. The highest BCUT2D eigenvalue weighted by molar-refractivity contribution is 6.31. The fraction of sp³-hybridized carbons (Fsp3) is 0.333. The summed E-state index contributed by atoms with van der Waals surface area (Å²) in [6, 6.07) is 19.0. The normalized spacial score (nSPS) is 16.8. The van der Waals surface area contributed by atoms with Crippen LogP contribution in [0.4, 0.5) is 5.82 Å². The average Bonchev–Trinajstić information content (AvgIpc) is 3.23. The minimum absolute atomic E-state index is 0.771. The van der Waals surface area contributed by atoms with E-state index in [0.29, 0.717) is 0 Å². The van der Waals surface area contributed by atoms with Gasteiger partial charge in [-0.05, 0) is 55.0 Å². The van der Waals surface area contributed by atoms with Crippen LogP contribution in [0.3, 0.4) is 0 Å². The van der Waals surface area contributed by atoms with Gasteiger partial charge in [-0.1, -0.05) is 41.9 Å². The first-order valence-electron chi connectivity index (χ1n) is 11.9. The Balaban J connectivity index is 1.41. The standard InChI is InChI=1S/C27H26ClN5/c28-23-10-4-1-7-19(23)18-31-13-15-32(16-14-31)27-21-9-3-2-8-20(21)22(17-29)26-30-24-11-5-6-12-25(24)33(26)27/h1,4-7,10-12H,2-3,8-9,13-16,18H2/p+1. The fourth-order valence-electron chi connectivity index (χ4n) is 5.68. The van der Waals surface area contributed by atoms with Crippen LogP contribution in [0.25, 0.3) is 16.7 Å². The van der Waals surface area contributed by atoms with Crippen LogP contribution in [-0.4, -0.2) is 35.6 Å². The molecule has 2 aromatic carbocycles. The smallest absolute Gasteiger partial charge is 0.157 e. The van der Waals surface area contributed by atoms with Gasteiger partial charge in [-0.25, -0.2) is 4.98 Å². The van der Waals surface area contributed by atoms with Crippen molar-refractivity contribution in [1.82, 2.24) is 9.38 Å². The molecule has 0 radical (unpaired) electrons. The number of piperazine rings is 1. The highest BCUT2D eigenvalue weighted by Crippen LogP contribution is 2.37. The monoisotopic (exact) mass is 456 g/mol. The zero-order chi connectivity index (χ0) is 22.4. The third-order valence-corrected chi connectivity index (χ3v) is 7.68. The topological polar surface area (TPSA) is 48.8 Å². The fourth-order valence-corrected chi connectivity index (χ4v) is 5.88. The highest BCUT2D eigenvalue weighted by atomic mass is 35.5. The average molecular weight is 457 g/mol. The number of hydrogen-bond acceptors (Lipinski definition) is 3. The molecule has 3 heterocycles. The van der Waals surface area contributed by atoms with E-state index in [1.807, 2.05) is 18.2 Å². The Hall–Kier alpha value is -3.07. The molecule has 0 amide bonds. The molecule has 0 spiro atoms. The summed E-state index contributed by atoms with van der Waals surface area (Å²) in [5.74, 6) is 1.27. The van der Waals surface area contributed by atoms with Gasteiger partial charge < -0.3 is 9.80 Å². The molecule has 4 aromatic rings. The second-order valence-corrected chi connectivity index (χ2v) is 9.65. The number of quaternary nitrogens is 1. The van der Waals surface area contributed by atoms with Crippen molar-refractivity contribution in [2.75, 3.05) is 31.1 Å². The number of nitrogens with one attached hydrogen (secondary N) is 1. The molecule has 1 fully saturated rings. The number of aromatic nitrogens is 2. The van der Waals surface area contributed by atoms with Crippen molar-refractivity contribution in [3.8, 4) is 6.07 Å². The Morgan fingerprint density at radius 1 is 0.970 bits per heavy atom. The van der Waals surface area contributed by atoms with Crippen LogP contribution in [-0.2, 0) is 19.4 Å². The van der Waals surface area contributed by atoms with Crippen molar-refractivity contribution < 1.29 is 4.90 Å². The van der Waals surface area contributed by atoms with Crippen LogP contribution in [0.15, 0.2) is 48.5 Å². The van der Waals surface area contributed by atoms with E-state index in [1.165, 1.54) is 28.9 Å². The number of imidazole rings is 1. The van der Waals surface area contributed by atoms with Gasteiger partial charge in [0.2, 0.25) is 0 Å². The van der Waals surface area contributed by atoms with Crippen molar-refractivity contribution in [3.63, 3.8) is 0 Å². The molecule has 1 aliphatic heterocycles. The number of fused-ring (bicyclic) bond motifs is 4. The maximum absolute atomic E-state index is 10.1. The van der Waals surface area contributed by atoms with Crippen molar-refractivity contribution in [2.24, 2.45) is 0 Å². The Bertz CT molecular complexity index is 1390. The Morgan fingerprint density at radius 3 is 2.48 bits per heavy atom. The van der Waals surface area contributed by atoms with Crippen LogP contribution >= 0.6 is 11.6 Å². The van der Waals surface area contributed by atoms with Crippen LogP contribution in [0, 0.1) is 11.3 Å². The first-order chi connectivity index (χ1) is 16.2. The van der Waals surface area contributed by atoms with E-state index in [2.05, 4.69) is 45.7 Å². The first kappa shape index (κ1) is 20.5. The molecule has 0 bridgehead atoms. The number of hydrogen-bond donors (Lipinski definition) is 1. The number of nitrogens with zero attached hydrogens (tertiary/aromatic N) is 4. The lowest BCUT2D eigenvalue weighted by atomic mass is 9.88. The lowest BCUT2D eigenvalue weighted by Crippen LogP contribution is -3.13. The molecule has 0 unspecified atom stereocenters. The number of anilines is 1. The number of nitriles is 1. The van der Waals surface area contributed by atoms with Gasteiger partial charge >= 0.3 is 0 Å². The summed E-state index contributed by atoms with van der Waals surface area (Å²) in [6.07, 6.45) is 4.34. The van der Waals surface area contributed by atoms with Crippen molar-refractivity contribution in [3.05, 3.63) is 75.8 Å². The predicted octanol–water partition coefficient (Wildman–Crippen LogP) is 3.80. The number of halogens is 1. The van der Waals surface area contributed by atoms with E-state index < -0.39 is 0 Å². The van der Waals surface area contributed by atoms with Gasteiger partial charge in [0.15, 0.2) is 5.65 Å². The molecule has 6 heteroatoms. The van der Waals surface area contributed by atoms with Gasteiger partial charge in [0.25, 0.3) is 0 Å². The molecule has 1 aliphatic carbocycles. The lowest BCUT2D eigenvalue weighted by molar-refractivity contribution is -0.914. The van der Waals surface area contributed by atoms with Crippen LogP contribution in [0.2, 0.25) is 5.02 Å². The van der Waals surface area contributed by atoms with Gasteiger partial charge in [0.05, 0.1) is 42.8 Å². The van der Waals surface area contributed by atoms with Crippen LogP contribution in [0.5, 0.6) is 0 Å². The first-order valence-corrected chi connectivity index (χ1v) is 12.3. The van der Waals surface area contributed by atoms with E-state index in [1.54, 1.807) is 4.90 Å². The minimum Gasteiger partial charge on any atom is -0.346 e. The van der Waals surface area contributed by atoms with E-state index in [9.17, 15) is 5.26 Å². The quantitative estimate of drug-likeness (QED) is 0.510. The van der Waals surface area contributed by atoms with E-state index in [-0.39, 0.29) is 0 Å². The molecule has 6 rings (SSSR count). The summed E-state index contributed by atoms with van der Waals surface area (Å²) in [7, 11) is 0. The summed E-state index contributed by atoms with van der Waals surface area (Å²) < 4.78 is 2.27. The van der Waals surface area contributed by atoms with Gasteiger partial charge in [0, 0.05) is 10.6 Å². The van der Waals surface area contributed by atoms with Crippen molar-refractivity contribution >= 4 is 34.1 Å². The molecular formula is C27H27ClN5+. The van der Waals surface area contributed by atoms with Crippen molar-refractivity contribution in [1.29, 1.82) is 5.26 Å². The molecule has 0 atom stereocenters. The maximum atomic E-state index is 10.1. The van der Waals surface area contributed by atoms with E-state index in [4.69, 9.17) is 16.6 Å². The third-order valence-electron chi connectivity index (χ3n) is 7.32. The Labute approximate surface area is 198 Å². The summed E-state index contributed by atoms with van der Waals surface area (Å²) in [5.41, 5.74) is 7.46. The van der Waals surface area contributed by atoms with E-state index >= 15 is 0 Å². The molecule has 166 valence electrons. The molecule has 2 aromatic heterocycles. The van der Waals surface area contributed by atoms with Crippen LogP contribution in [0.1, 0.15) is 35.1 Å². The number of benzene rings is 2. The zero-order valence-electron chi connectivity index (χ0n) is 18.6. The number of rotatable bonds is 3. The zero-order valence-corrected chi connectivity index (χ0v) is 19.4. The summed E-state index contributed by atoms with van der Waals surface area (Å²) in [6.45, 7) is 5.06. The minimum atomic E-state index is 0.771. The van der Waals surface area contributed by atoms with Gasteiger partial charge in [-0.2, -0.15) is 5.26 Å². The molecule has 5 nitrogen and oxygen atoms in total. The van der Waals surface area contributed by atoms with Gasteiger partial charge in [-0.3, -0.25) is 4.40 Å². The Morgan fingerprint density at radius 2 is 1.70 bits per heavy atom. The van der Waals surface area contributed by atoms with Gasteiger partial charge in [-0.15, -0.1) is 0 Å². The number of para-hydroxylation sites is 2. The SMILES string of the molecule is N#Cc1c2c(c(N3CC[NH+](Cc4ccccc4Cl)CC3)n3c1nc1ccccc13)CCCC2. The Kier molecular flexibility index (Phi) is 5.21. The van der Waals surface area contributed by atoms with E-state index in [0.717, 1.165) is 79.3 Å². The summed E-state index contributed by atoms with van der Waals surface area (Å²) >= 11 is 6.42.